The molecule has 0 aromatic heterocycles. The number of hydrogen-bond donors (Lipinski definition) is 1. The Hall–Kier alpha value is -1.28. The highest BCUT2D eigenvalue weighted by Crippen LogP contribution is 2.26. The third-order valence-corrected chi connectivity index (χ3v) is 3.58. The van der Waals surface area contributed by atoms with Gasteiger partial charge in [0, 0.05) is 31.2 Å². The second-order valence-corrected chi connectivity index (χ2v) is 5.05. The number of nitriles is 1. The molecule has 2 rings (SSSR count). The van der Waals surface area contributed by atoms with Gasteiger partial charge in [-0.1, -0.05) is 11.6 Å². The molecule has 18 heavy (non-hydrogen) atoms. The molecule has 1 aliphatic rings. The van der Waals surface area contributed by atoms with Gasteiger partial charge >= 0.3 is 0 Å². The summed E-state index contributed by atoms with van der Waals surface area (Å²) < 4.78 is 0. The second kappa shape index (κ2) is 5.57. The number of nitrogens with two attached hydrogens (primary N) is 1. The fourth-order valence-electron chi connectivity index (χ4n) is 2.38. The predicted octanol–water partition coefficient (Wildman–Crippen LogP) is 1.29. The molecule has 1 unspecified atom stereocenters. The van der Waals surface area contributed by atoms with Crippen LogP contribution in [0.4, 0.5) is 5.69 Å². The third kappa shape index (κ3) is 2.59. The summed E-state index contributed by atoms with van der Waals surface area (Å²) >= 11 is 5.93. The van der Waals surface area contributed by atoms with Crippen molar-refractivity contribution in [3.05, 3.63) is 28.8 Å². The van der Waals surface area contributed by atoms with Crippen LogP contribution in [-0.2, 0) is 0 Å². The van der Waals surface area contributed by atoms with Crippen molar-refractivity contribution >= 4 is 17.3 Å². The quantitative estimate of drug-likeness (QED) is 0.875. The summed E-state index contributed by atoms with van der Waals surface area (Å²) in [5.41, 5.74) is 7.39. The van der Waals surface area contributed by atoms with Crippen molar-refractivity contribution in [2.75, 3.05) is 38.1 Å². The summed E-state index contributed by atoms with van der Waals surface area (Å²) in [6.07, 6.45) is 0. The molecular weight excluding hydrogens is 248 g/mol. The predicted molar refractivity (Wildman–Crippen MR) is 73.9 cm³/mol. The Morgan fingerprint density at radius 1 is 1.50 bits per heavy atom. The van der Waals surface area contributed by atoms with E-state index in [9.17, 15) is 5.26 Å². The van der Waals surface area contributed by atoms with Gasteiger partial charge < -0.3 is 15.5 Å². The van der Waals surface area contributed by atoms with E-state index >= 15 is 0 Å². The highest BCUT2D eigenvalue weighted by atomic mass is 35.5. The average Bonchev–Trinajstić information content (AvgIpc) is 2.38. The van der Waals surface area contributed by atoms with Crippen LogP contribution in [0.15, 0.2) is 18.2 Å². The summed E-state index contributed by atoms with van der Waals surface area (Å²) in [5.74, 6) is 0. The fraction of sp³-hybridized carbons (Fsp3) is 0.462. The molecule has 96 valence electrons. The van der Waals surface area contributed by atoms with Gasteiger partial charge in [0.05, 0.1) is 17.3 Å². The zero-order chi connectivity index (χ0) is 13.1. The first-order valence-corrected chi connectivity index (χ1v) is 6.38. The molecule has 4 nitrogen and oxygen atoms in total. The molecule has 1 aliphatic heterocycles. The summed E-state index contributed by atoms with van der Waals surface area (Å²) in [6, 6.07) is 7.90. The third-order valence-electron chi connectivity index (χ3n) is 3.35. The first-order valence-electron chi connectivity index (χ1n) is 6.00. The highest BCUT2D eigenvalue weighted by Gasteiger charge is 2.25. The number of rotatable bonds is 2. The minimum Gasteiger partial charge on any atom is -0.364 e. The van der Waals surface area contributed by atoms with Crippen LogP contribution in [0.25, 0.3) is 0 Å². The molecule has 0 saturated carbocycles. The van der Waals surface area contributed by atoms with Crippen molar-refractivity contribution in [3.63, 3.8) is 0 Å². The Bertz CT molecular complexity index is 469. The fourth-order valence-corrected chi connectivity index (χ4v) is 2.55. The van der Waals surface area contributed by atoms with Gasteiger partial charge in [-0.2, -0.15) is 5.26 Å². The Balaban J connectivity index is 2.33. The number of anilines is 1. The molecule has 1 aromatic carbocycles. The van der Waals surface area contributed by atoms with Crippen molar-refractivity contribution in [2.24, 2.45) is 5.73 Å². The largest absolute Gasteiger partial charge is 0.364 e. The van der Waals surface area contributed by atoms with Crippen molar-refractivity contribution in [1.29, 1.82) is 5.26 Å². The summed E-state index contributed by atoms with van der Waals surface area (Å²) in [6.45, 7) is 3.36. The lowest BCUT2D eigenvalue weighted by Gasteiger charge is -2.41. The minimum absolute atomic E-state index is 0.247. The number of piperazine rings is 1. The SMILES string of the molecule is CN1CCN(c2ccc(Cl)cc2C#N)C(CN)C1. The minimum atomic E-state index is 0.247. The van der Waals surface area contributed by atoms with Crippen LogP contribution >= 0.6 is 11.6 Å². The van der Waals surface area contributed by atoms with E-state index < -0.39 is 0 Å². The van der Waals surface area contributed by atoms with Crippen LogP contribution in [0.5, 0.6) is 0 Å². The maximum atomic E-state index is 9.21. The molecule has 0 aliphatic carbocycles. The number of nitrogens with zero attached hydrogens (tertiary/aromatic N) is 3. The van der Waals surface area contributed by atoms with Crippen molar-refractivity contribution < 1.29 is 0 Å². The molecule has 1 saturated heterocycles. The molecule has 2 N–H and O–H groups in total. The first-order chi connectivity index (χ1) is 8.65. The molecule has 5 heteroatoms. The van der Waals surface area contributed by atoms with Gasteiger partial charge in [-0.05, 0) is 25.2 Å². The number of halogens is 1. The van der Waals surface area contributed by atoms with Crippen molar-refractivity contribution in [3.8, 4) is 6.07 Å². The highest BCUT2D eigenvalue weighted by molar-refractivity contribution is 6.30. The summed E-state index contributed by atoms with van der Waals surface area (Å²) in [4.78, 5) is 4.48. The lowest BCUT2D eigenvalue weighted by Crippen LogP contribution is -2.55. The van der Waals surface area contributed by atoms with E-state index in [1.165, 1.54) is 0 Å². The van der Waals surface area contributed by atoms with E-state index in [4.69, 9.17) is 17.3 Å². The standard InChI is InChI=1S/C13H17ClN4/c1-17-4-5-18(12(8-16)9-17)13-3-2-11(14)6-10(13)7-15/h2-3,6,12H,4-5,8-9,16H2,1H3. The second-order valence-electron chi connectivity index (χ2n) is 4.62. The first kappa shape index (κ1) is 13.2. The summed E-state index contributed by atoms with van der Waals surface area (Å²) in [5, 5.41) is 9.80. The Morgan fingerprint density at radius 3 is 2.94 bits per heavy atom. The van der Waals surface area contributed by atoms with E-state index in [-0.39, 0.29) is 6.04 Å². The lowest BCUT2D eigenvalue weighted by atomic mass is 10.1. The van der Waals surface area contributed by atoms with Gasteiger partial charge in [0.1, 0.15) is 6.07 Å². The van der Waals surface area contributed by atoms with E-state index in [2.05, 4.69) is 22.9 Å². The molecule has 1 aromatic rings. The van der Waals surface area contributed by atoms with Crippen LogP contribution in [0, 0.1) is 11.3 Å². The average molecular weight is 265 g/mol. The van der Waals surface area contributed by atoms with Gasteiger partial charge in [-0.25, -0.2) is 0 Å². The number of hydrogen-bond acceptors (Lipinski definition) is 4. The van der Waals surface area contributed by atoms with Gasteiger partial charge in [-0.15, -0.1) is 0 Å². The van der Waals surface area contributed by atoms with E-state index in [0.29, 0.717) is 17.1 Å². The maximum Gasteiger partial charge on any atom is 0.101 e. The molecule has 0 amide bonds. The van der Waals surface area contributed by atoms with Crippen LogP contribution in [0.2, 0.25) is 5.02 Å². The van der Waals surface area contributed by atoms with Gasteiger partial charge in [0.15, 0.2) is 0 Å². The van der Waals surface area contributed by atoms with Crippen LogP contribution in [0.3, 0.4) is 0 Å². The topological polar surface area (TPSA) is 56.3 Å². The lowest BCUT2D eigenvalue weighted by molar-refractivity contribution is 0.269. The monoisotopic (exact) mass is 264 g/mol. The number of benzene rings is 1. The van der Waals surface area contributed by atoms with Gasteiger partial charge in [-0.3, -0.25) is 0 Å². The smallest absolute Gasteiger partial charge is 0.101 e. The van der Waals surface area contributed by atoms with Crippen molar-refractivity contribution in [2.45, 2.75) is 6.04 Å². The van der Waals surface area contributed by atoms with Crippen molar-refractivity contribution in [1.82, 2.24) is 4.90 Å². The van der Waals surface area contributed by atoms with E-state index in [1.807, 2.05) is 12.1 Å². The Morgan fingerprint density at radius 2 is 2.28 bits per heavy atom. The molecule has 0 bridgehead atoms. The van der Waals surface area contributed by atoms with Crippen LogP contribution in [-0.4, -0.2) is 44.2 Å². The normalized spacial score (nSPS) is 20.8. The van der Waals surface area contributed by atoms with Crippen LogP contribution in [0.1, 0.15) is 5.56 Å². The van der Waals surface area contributed by atoms with Gasteiger partial charge in [0.2, 0.25) is 0 Å². The zero-order valence-corrected chi connectivity index (χ0v) is 11.2. The Kier molecular flexibility index (Phi) is 4.07. The summed E-state index contributed by atoms with van der Waals surface area (Å²) in [7, 11) is 2.09. The number of likely N-dealkylation sites (N-methyl/N-ethyl adjacent to an activating group) is 1. The molecule has 1 fully saturated rings. The Labute approximate surface area is 113 Å². The molecule has 1 heterocycles. The molecular formula is C13H17ClN4. The van der Waals surface area contributed by atoms with E-state index in [1.54, 1.807) is 6.07 Å². The molecule has 0 spiro atoms. The maximum absolute atomic E-state index is 9.21. The van der Waals surface area contributed by atoms with Gasteiger partial charge in [0.25, 0.3) is 0 Å². The molecule has 1 atom stereocenters. The molecule has 0 radical (unpaired) electrons. The van der Waals surface area contributed by atoms with E-state index in [0.717, 1.165) is 25.3 Å². The zero-order valence-electron chi connectivity index (χ0n) is 10.4. The van der Waals surface area contributed by atoms with Crippen LogP contribution < -0.4 is 10.6 Å².